The van der Waals surface area contributed by atoms with E-state index in [-0.39, 0.29) is 5.41 Å². The van der Waals surface area contributed by atoms with E-state index in [1.807, 2.05) is 0 Å². The van der Waals surface area contributed by atoms with Crippen LogP contribution in [0.5, 0.6) is 0 Å². The Morgan fingerprint density at radius 3 is 2.17 bits per heavy atom. The van der Waals surface area contributed by atoms with Crippen LogP contribution in [0.4, 0.5) is 0 Å². The molecule has 3 nitrogen and oxygen atoms in total. The third kappa shape index (κ3) is 1.83. The van der Waals surface area contributed by atoms with Crippen molar-refractivity contribution in [3.8, 4) is 12.3 Å². The summed E-state index contributed by atoms with van der Waals surface area (Å²) in [5.41, 5.74) is -0.0164. The fraction of sp³-hybridized carbons (Fsp3) is 0.800. The van der Waals surface area contributed by atoms with E-state index in [2.05, 4.69) is 11.2 Å². The first-order chi connectivity index (χ1) is 8.63. The van der Waals surface area contributed by atoms with E-state index in [9.17, 15) is 9.90 Å². The van der Waals surface area contributed by atoms with Crippen molar-refractivity contribution in [2.24, 2.45) is 23.2 Å². The van der Waals surface area contributed by atoms with Gasteiger partial charge in [-0.3, -0.25) is 10.1 Å². The Morgan fingerprint density at radius 2 is 1.78 bits per heavy atom. The average molecular weight is 247 g/mol. The molecule has 4 fully saturated rings. The zero-order valence-corrected chi connectivity index (χ0v) is 10.7. The SMILES string of the molecule is C#CCNC(C(=O)O)C12CC3CC(CC(C3)C1)C2. The van der Waals surface area contributed by atoms with E-state index < -0.39 is 12.0 Å². The second-order valence-corrected chi connectivity index (χ2v) is 6.64. The predicted molar refractivity (Wildman–Crippen MR) is 68.9 cm³/mol. The van der Waals surface area contributed by atoms with Crippen LogP contribution in [0.15, 0.2) is 0 Å². The first-order valence-electron chi connectivity index (χ1n) is 7.02. The lowest BCUT2D eigenvalue weighted by Gasteiger charge is -2.58. The third-order valence-electron chi connectivity index (χ3n) is 5.35. The molecule has 0 aliphatic heterocycles. The maximum atomic E-state index is 11.6. The van der Waals surface area contributed by atoms with E-state index in [4.69, 9.17) is 6.42 Å². The zero-order valence-electron chi connectivity index (χ0n) is 10.7. The minimum absolute atomic E-state index is 0.0164. The molecule has 0 radical (unpaired) electrons. The summed E-state index contributed by atoms with van der Waals surface area (Å²) in [6.45, 7) is 0.360. The third-order valence-corrected chi connectivity index (χ3v) is 5.35. The Kier molecular flexibility index (Phi) is 2.86. The summed E-state index contributed by atoms with van der Waals surface area (Å²) < 4.78 is 0. The molecule has 0 aromatic heterocycles. The van der Waals surface area contributed by atoms with Gasteiger partial charge in [-0.25, -0.2) is 0 Å². The molecule has 0 amide bonds. The second kappa shape index (κ2) is 4.28. The van der Waals surface area contributed by atoms with Crippen molar-refractivity contribution >= 4 is 5.97 Å². The summed E-state index contributed by atoms with van der Waals surface area (Å²) in [6.07, 6.45) is 12.5. The van der Waals surface area contributed by atoms with Crippen molar-refractivity contribution < 1.29 is 9.90 Å². The lowest BCUT2D eigenvalue weighted by atomic mass is 9.47. The molecule has 4 saturated carbocycles. The number of hydrogen-bond donors (Lipinski definition) is 2. The number of carboxylic acids is 1. The van der Waals surface area contributed by atoms with Gasteiger partial charge in [0.25, 0.3) is 0 Å². The number of aliphatic carboxylic acids is 1. The average Bonchev–Trinajstić information content (AvgIpc) is 2.26. The Bertz CT molecular complexity index is 361. The summed E-state index contributed by atoms with van der Waals surface area (Å²) in [5.74, 6) is 4.10. The minimum Gasteiger partial charge on any atom is -0.480 e. The summed E-state index contributed by atoms with van der Waals surface area (Å²) >= 11 is 0. The number of nitrogens with one attached hydrogen (secondary N) is 1. The standard InChI is InChI=1S/C15H21NO2/c1-2-3-16-13(14(17)18)15-7-10-4-11(8-15)6-12(5-10)9-15/h1,10-13,16H,3-9H2,(H,17,18). The fourth-order valence-corrected chi connectivity index (χ4v) is 5.26. The molecule has 0 aromatic carbocycles. The number of rotatable bonds is 4. The van der Waals surface area contributed by atoms with Gasteiger partial charge in [0.05, 0.1) is 6.54 Å². The molecule has 0 spiro atoms. The normalized spacial score (nSPS) is 42.5. The van der Waals surface area contributed by atoms with Crippen LogP contribution in [-0.2, 0) is 4.79 Å². The predicted octanol–water partition coefficient (Wildman–Crippen LogP) is 1.88. The molecule has 4 bridgehead atoms. The van der Waals surface area contributed by atoms with Gasteiger partial charge in [-0.1, -0.05) is 5.92 Å². The lowest BCUT2D eigenvalue weighted by Crippen LogP contribution is -2.58. The number of carboxylic acid groups (broad SMARTS) is 1. The number of terminal acetylenes is 1. The van der Waals surface area contributed by atoms with Crippen molar-refractivity contribution in [2.75, 3.05) is 6.54 Å². The molecule has 0 saturated heterocycles. The molecule has 1 unspecified atom stereocenters. The van der Waals surface area contributed by atoms with Gasteiger partial charge in [-0.2, -0.15) is 0 Å². The van der Waals surface area contributed by atoms with Crippen LogP contribution in [0.1, 0.15) is 38.5 Å². The smallest absolute Gasteiger partial charge is 0.321 e. The van der Waals surface area contributed by atoms with Crippen molar-refractivity contribution in [1.29, 1.82) is 0 Å². The van der Waals surface area contributed by atoms with Gasteiger partial charge >= 0.3 is 5.97 Å². The van der Waals surface area contributed by atoms with Crippen LogP contribution in [0, 0.1) is 35.5 Å². The quantitative estimate of drug-likeness (QED) is 0.746. The van der Waals surface area contributed by atoms with E-state index in [1.54, 1.807) is 0 Å². The molecule has 18 heavy (non-hydrogen) atoms. The minimum atomic E-state index is -0.716. The lowest BCUT2D eigenvalue weighted by molar-refractivity contribution is -0.151. The molecule has 0 heterocycles. The molecule has 2 N–H and O–H groups in total. The summed E-state index contributed by atoms with van der Waals surface area (Å²) in [4.78, 5) is 11.6. The van der Waals surface area contributed by atoms with Crippen LogP contribution in [0.2, 0.25) is 0 Å². The first-order valence-corrected chi connectivity index (χ1v) is 7.02. The Morgan fingerprint density at radius 1 is 1.28 bits per heavy atom. The second-order valence-electron chi connectivity index (χ2n) is 6.64. The summed E-state index contributed by atoms with van der Waals surface area (Å²) in [7, 11) is 0. The van der Waals surface area contributed by atoms with E-state index in [0.717, 1.165) is 37.0 Å². The monoisotopic (exact) mass is 247 g/mol. The van der Waals surface area contributed by atoms with Gasteiger partial charge < -0.3 is 5.11 Å². The van der Waals surface area contributed by atoms with Gasteiger partial charge in [-0.05, 0) is 61.7 Å². The molecule has 4 aliphatic carbocycles. The Balaban J connectivity index is 1.84. The topological polar surface area (TPSA) is 49.3 Å². The van der Waals surface area contributed by atoms with Gasteiger partial charge in [0.2, 0.25) is 0 Å². The van der Waals surface area contributed by atoms with Crippen LogP contribution in [-0.4, -0.2) is 23.7 Å². The number of carbonyl (C=O) groups is 1. The maximum absolute atomic E-state index is 11.6. The van der Waals surface area contributed by atoms with Gasteiger partial charge in [0.1, 0.15) is 6.04 Å². The largest absolute Gasteiger partial charge is 0.480 e. The zero-order chi connectivity index (χ0) is 12.8. The highest BCUT2D eigenvalue weighted by Gasteiger charge is 2.55. The Labute approximate surface area is 108 Å². The Hall–Kier alpha value is -1.01. The molecule has 0 aromatic rings. The van der Waals surface area contributed by atoms with Gasteiger partial charge in [0.15, 0.2) is 0 Å². The highest BCUT2D eigenvalue weighted by atomic mass is 16.4. The highest BCUT2D eigenvalue weighted by Crippen LogP contribution is 2.61. The van der Waals surface area contributed by atoms with Crippen LogP contribution < -0.4 is 5.32 Å². The van der Waals surface area contributed by atoms with E-state index in [0.29, 0.717) is 6.54 Å². The molecule has 98 valence electrons. The van der Waals surface area contributed by atoms with Crippen molar-refractivity contribution in [1.82, 2.24) is 5.32 Å². The molecule has 1 atom stereocenters. The fourth-order valence-electron chi connectivity index (χ4n) is 5.26. The molecular weight excluding hydrogens is 226 g/mol. The van der Waals surface area contributed by atoms with Crippen molar-refractivity contribution in [2.45, 2.75) is 44.6 Å². The summed E-state index contributed by atoms with van der Waals surface area (Å²) in [6, 6.07) is -0.443. The van der Waals surface area contributed by atoms with Crippen LogP contribution >= 0.6 is 0 Å². The highest BCUT2D eigenvalue weighted by molar-refractivity contribution is 5.75. The van der Waals surface area contributed by atoms with E-state index >= 15 is 0 Å². The van der Waals surface area contributed by atoms with E-state index in [1.165, 1.54) is 19.3 Å². The maximum Gasteiger partial charge on any atom is 0.321 e. The first kappa shape index (κ1) is 12.0. The molecule has 3 heteroatoms. The molecule has 4 rings (SSSR count). The van der Waals surface area contributed by atoms with Crippen molar-refractivity contribution in [3.63, 3.8) is 0 Å². The molecular formula is C15H21NO2. The summed E-state index contributed by atoms with van der Waals surface area (Å²) in [5, 5.41) is 12.6. The van der Waals surface area contributed by atoms with Gasteiger partial charge in [-0.15, -0.1) is 6.42 Å². The molecule has 4 aliphatic rings. The van der Waals surface area contributed by atoms with Gasteiger partial charge in [0, 0.05) is 0 Å². The van der Waals surface area contributed by atoms with Crippen LogP contribution in [0.25, 0.3) is 0 Å². The number of hydrogen-bond acceptors (Lipinski definition) is 2. The van der Waals surface area contributed by atoms with Crippen LogP contribution in [0.3, 0.4) is 0 Å². The van der Waals surface area contributed by atoms with Crippen molar-refractivity contribution in [3.05, 3.63) is 0 Å².